The highest BCUT2D eigenvalue weighted by Gasteiger charge is 2.25. The van der Waals surface area contributed by atoms with E-state index in [1.807, 2.05) is 6.92 Å². The molecule has 0 spiro atoms. The van der Waals surface area contributed by atoms with Crippen molar-refractivity contribution in [3.05, 3.63) is 29.7 Å². The predicted octanol–water partition coefficient (Wildman–Crippen LogP) is 2.76. The van der Waals surface area contributed by atoms with Gasteiger partial charge in [-0.25, -0.2) is 13.1 Å². The number of nitrogens with two attached hydrogens (primary N) is 1. The highest BCUT2D eigenvalue weighted by atomic mass is 32.2. The fourth-order valence-corrected chi connectivity index (χ4v) is 4.61. The quantitative estimate of drug-likeness (QED) is 0.837. The molecule has 1 fully saturated rings. The van der Waals surface area contributed by atoms with E-state index in [0.29, 0.717) is 5.76 Å². The first-order valence-electron chi connectivity index (χ1n) is 7.73. The molecular formula is C16H21N3O3S. The molecule has 0 radical (unpaired) electrons. The van der Waals surface area contributed by atoms with Crippen LogP contribution >= 0.6 is 0 Å². The van der Waals surface area contributed by atoms with Gasteiger partial charge in [0, 0.05) is 11.6 Å². The van der Waals surface area contributed by atoms with E-state index in [-0.39, 0.29) is 16.6 Å². The number of hydrogen-bond donors (Lipinski definition) is 2. The Morgan fingerprint density at radius 2 is 1.96 bits per heavy atom. The first kappa shape index (κ1) is 16.0. The maximum atomic E-state index is 12.7. The summed E-state index contributed by atoms with van der Waals surface area (Å²) in [6, 6.07) is 5.00. The van der Waals surface area contributed by atoms with Crippen LogP contribution in [0.1, 0.15) is 37.1 Å². The lowest BCUT2D eigenvalue weighted by Gasteiger charge is -2.15. The zero-order chi connectivity index (χ0) is 16.6. The van der Waals surface area contributed by atoms with Crippen molar-refractivity contribution in [1.82, 2.24) is 9.88 Å². The lowest BCUT2D eigenvalue weighted by molar-refractivity contribution is 0.393. The van der Waals surface area contributed by atoms with Crippen LogP contribution in [0.3, 0.4) is 0 Å². The monoisotopic (exact) mass is 335 g/mol. The van der Waals surface area contributed by atoms with Gasteiger partial charge in [-0.2, -0.15) is 0 Å². The van der Waals surface area contributed by atoms with Gasteiger partial charge in [0.1, 0.15) is 10.7 Å². The largest absolute Gasteiger partial charge is 0.398 e. The van der Waals surface area contributed by atoms with Crippen LogP contribution in [-0.2, 0) is 10.0 Å². The lowest BCUT2D eigenvalue weighted by atomic mass is 10.0. The molecule has 0 unspecified atom stereocenters. The average molecular weight is 335 g/mol. The Bertz CT molecular complexity index is 802. The lowest BCUT2D eigenvalue weighted by Crippen LogP contribution is -2.33. The fourth-order valence-electron chi connectivity index (χ4n) is 3.14. The van der Waals surface area contributed by atoms with Crippen molar-refractivity contribution in [2.75, 3.05) is 5.73 Å². The van der Waals surface area contributed by atoms with Crippen molar-refractivity contribution in [2.24, 2.45) is 0 Å². The third kappa shape index (κ3) is 3.11. The summed E-state index contributed by atoms with van der Waals surface area (Å²) >= 11 is 0. The Morgan fingerprint density at radius 1 is 1.26 bits per heavy atom. The highest BCUT2D eigenvalue weighted by Crippen LogP contribution is 2.31. The SMILES string of the molecule is Cc1noc(C)c1-c1ccc(N)c(S(=O)(=O)NC2CCCC2)c1. The molecule has 0 saturated heterocycles. The van der Waals surface area contributed by atoms with Crippen molar-refractivity contribution in [1.29, 1.82) is 0 Å². The summed E-state index contributed by atoms with van der Waals surface area (Å²) in [5.74, 6) is 0.652. The summed E-state index contributed by atoms with van der Waals surface area (Å²) in [5, 5.41) is 3.92. The van der Waals surface area contributed by atoms with Gasteiger partial charge in [0.2, 0.25) is 10.0 Å². The van der Waals surface area contributed by atoms with E-state index in [1.165, 1.54) is 0 Å². The molecule has 2 aromatic rings. The minimum Gasteiger partial charge on any atom is -0.398 e. The van der Waals surface area contributed by atoms with Crippen molar-refractivity contribution in [3.63, 3.8) is 0 Å². The van der Waals surface area contributed by atoms with Crippen molar-refractivity contribution >= 4 is 15.7 Å². The molecule has 0 bridgehead atoms. The van der Waals surface area contributed by atoms with Crippen LogP contribution in [0.4, 0.5) is 5.69 Å². The van der Waals surface area contributed by atoms with Crippen molar-refractivity contribution in [3.8, 4) is 11.1 Å². The first-order valence-corrected chi connectivity index (χ1v) is 9.22. The number of nitrogens with one attached hydrogen (secondary N) is 1. The van der Waals surface area contributed by atoms with Gasteiger partial charge in [-0.15, -0.1) is 0 Å². The molecule has 124 valence electrons. The number of rotatable bonds is 4. The van der Waals surface area contributed by atoms with Gasteiger partial charge in [0.05, 0.1) is 11.4 Å². The maximum absolute atomic E-state index is 12.7. The topological polar surface area (TPSA) is 98.2 Å². The molecule has 1 aliphatic carbocycles. The standard InChI is InChI=1S/C16H21N3O3S/c1-10-16(11(2)22-18-10)12-7-8-14(17)15(9-12)23(20,21)19-13-5-3-4-6-13/h7-9,13,19H,3-6,17H2,1-2H3. The van der Waals surface area contributed by atoms with Gasteiger partial charge in [-0.05, 0) is 44.4 Å². The fraction of sp³-hybridized carbons (Fsp3) is 0.438. The van der Waals surface area contributed by atoms with Crippen LogP contribution in [0.15, 0.2) is 27.6 Å². The van der Waals surface area contributed by atoms with E-state index >= 15 is 0 Å². The summed E-state index contributed by atoms with van der Waals surface area (Å²) in [6.07, 6.45) is 3.87. The minimum atomic E-state index is -3.64. The van der Waals surface area contributed by atoms with Crippen LogP contribution < -0.4 is 10.5 Å². The van der Waals surface area contributed by atoms with Crippen molar-refractivity contribution < 1.29 is 12.9 Å². The summed E-state index contributed by atoms with van der Waals surface area (Å²) in [7, 11) is -3.64. The van der Waals surface area contributed by atoms with Crippen LogP contribution in [0, 0.1) is 13.8 Å². The number of aromatic nitrogens is 1. The molecule has 0 amide bonds. The van der Waals surface area contributed by atoms with Gasteiger partial charge in [0.25, 0.3) is 0 Å². The number of nitrogens with zero attached hydrogens (tertiary/aromatic N) is 1. The highest BCUT2D eigenvalue weighted by molar-refractivity contribution is 7.89. The Morgan fingerprint density at radius 3 is 2.57 bits per heavy atom. The molecule has 1 heterocycles. The third-order valence-corrected chi connectivity index (χ3v) is 5.88. The zero-order valence-corrected chi connectivity index (χ0v) is 14.1. The minimum absolute atomic E-state index is 0.00196. The average Bonchev–Trinajstić information content (AvgIpc) is 3.10. The third-order valence-electron chi connectivity index (χ3n) is 4.30. The molecule has 6 nitrogen and oxygen atoms in total. The normalized spacial score (nSPS) is 16.1. The van der Waals surface area contributed by atoms with Gasteiger partial charge in [-0.3, -0.25) is 0 Å². The summed E-state index contributed by atoms with van der Waals surface area (Å²) < 4.78 is 33.3. The Labute approximate surface area is 136 Å². The Kier molecular flexibility index (Phi) is 4.16. The van der Waals surface area contributed by atoms with E-state index < -0.39 is 10.0 Å². The maximum Gasteiger partial charge on any atom is 0.242 e. The molecule has 3 rings (SSSR count). The van der Waals surface area contributed by atoms with Gasteiger partial charge >= 0.3 is 0 Å². The number of sulfonamides is 1. The second-order valence-electron chi connectivity index (χ2n) is 6.05. The van der Waals surface area contributed by atoms with E-state index in [2.05, 4.69) is 9.88 Å². The summed E-state index contributed by atoms with van der Waals surface area (Å²) in [5.41, 5.74) is 8.43. The summed E-state index contributed by atoms with van der Waals surface area (Å²) in [4.78, 5) is 0.113. The van der Waals surface area contributed by atoms with Crippen LogP contribution in [0.2, 0.25) is 0 Å². The Balaban J connectivity index is 2.01. The smallest absolute Gasteiger partial charge is 0.242 e. The molecule has 0 aliphatic heterocycles. The molecule has 1 saturated carbocycles. The number of benzene rings is 1. The van der Waals surface area contributed by atoms with Crippen molar-refractivity contribution in [2.45, 2.75) is 50.5 Å². The van der Waals surface area contributed by atoms with E-state index in [9.17, 15) is 8.42 Å². The van der Waals surface area contributed by atoms with E-state index in [1.54, 1.807) is 25.1 Å². The van der Waals surface area contributed by atoms with Gasteiger partial charge < -0.3 is 10.3 Å². The number of hydrogen-bond acceptors (Lipinski definition) is 5. The zero-order valence-electron chi connectivity index (χ0n) is 13.3. The number of nitrogen functional groups attached to an aromatic ring is 1. The second kappa shape index (κ2) is 5.98. The number of aryl methyl sites for hydroxylation is 2. The molecule has 1 aromatic carbocycles. The predicted molar refractivity (Wildman–Crippen MR) is 88.4 cm³/mol. The van der Waals surface area contributed by atoms with Gasteiger partial charge in [0.15, 0.2) is 0 Å². The van der Waals surface area contributed by atoms with Crippen LogP contribution in [-0.4, -0.2) is 19.6 Å². The van der Waals surface area contributed by atoms with Crippen LogP contribution in [0.25, 0.3) is 11.1 Å². The van der Waals surface area contributed by atoms with Crippen LogP contribution in [0.5, 0.6) is 0 Å². The molecular weight excluding hydrogens is 314 g/mol. The Hall–Kier alpha value is -1.86. The second-order valence-corrected chi connectivity index (χ2v) is 7.74. The van der Waals surface area contributed by atoms with Gasteiger partial charge in [-0.1, -0.05) is 24.1 Å². The molecule has 0 atom stereocenters. The molecule has 23 heavy (non-hydrogen) atoms. The number of anilines is 1. The van der Waals surface area contributed by atoms with E-state index in [4.69, 9.17) is 10.3 Å². The van der Waals surface area contributed by atoms with E-state index in [0.717, 1.165) is 42.5 Å². The molecule has 3 N–H and O–H groups in total. The molecule has 1 aromatic heterocycles. The summed E-state index contributed by atoms with van der Waals surface area (Å²) in [6.45, 7) is 3.63. The molecule has 1 aliphatic rings. The first-order chi connectivity index (χ1) is 10.9. The molecule has 7 heteroatoms.